The highest BCUT2D eigenvalue weighted by Gasteiger charge is 2.06. The number of aryl methyl sites for hydroxylation is 1. The standard InChI is InChI=1S/C16H13ClN2O/c1-11-2-4-12(5-3-11)8-16(20)19-14-6-7-15(17)13(9-14)10-18/h2-7,9H,8H2,1H3,(H,19,20). The van der Waals surface area contributed by atoms with Gasteiger partial charge in [0.15, 0.2) is 0 Å². The van der Waals surface area contributed by atoms with Gasteiger partial charge in [-0.3, -0.25) is 4.79 Å². The number of halogens is 1. The van der Waals surface area contributed by atoms with Gasteiger partial charge in [0.05, 0.1) is 17.0 Å². The Morgan fingerprint density at radius 3 is 2.60 bits per heavy atom. The largest absolute Gasteiger partial charge is 0.326 e. The molecule has 1 N–H and O–H groups in total. The minimum atomic E-state index is -0.125. The number of carbonyl (C=O) groups is 1. The normalized spacial score (nSPS) is 9.85. The lowest BCUT2D eigenvalue weighted by molar-refractivity contribution is -0.115. The Hall–Kier alpha value is -2.31. The number of carbonyl (C=O) groups excluding carboxylic acids is 1. The average Bonchev–Trinajstić information content (AvgIpc) is 2.43. The molecule has 2 aromatic carbocycles. The van der Waals surface area contributed by atoms with Crippen molar-refractivity contribution in [1.82, 2.24) is 0 Å². The summed E-state index contributed by atoms with van der Waals surface area (Å²) in [6, 6.07) is 14.6. The van der Waals surface area contributed by atoms with E-state index in [0.29, 0.717) is 22.7 Å². The zero-order valence-corrected chi connectivity index (χ0v) is 11.7. The Bertz CT molecular complexity index is 672. The van der Waals surface area contributed by atoms with Gasteiger partial charge in [-0.2, -0.15) is 5.26 Å². The van der Waals surface area contributed by atoms with E-state index in [1.54, 1.807) is 18.2 Å². The van der Waals surface area contributed by atoms with Gasteiger partial charge in [-0.1, -0.05) is 41.4 Å². The second kappa shape index (κ2) is 6.23. The molecule has 0 aromatic heterocycles. The molecule has 0 fully saturated rings. The van der Waals surface area contributed by atoms with Crippen molar-refractivity contribution in [3.8, 4) is 6.07 Å². The predicted octanol–water partition coefficient (Wildman–Crippen LogP) is 3.70. The molecule has 0 aliphatic rings. The van der Waals surface area contributed by atoms with Crippen LogP contribution in [-0.2, 0) is 11.2 Å². The van der Waals surface area contributed by atoms with Gasteiger partial charge in [0.25, 0.3) is 0 Å². The third-order valence-corrected chi connectivity index (χ3v) is 3.19. The Kier molecular flexibility index (Phi) is 4.39. The maximum absolute atomic E-state index is 11.9. The molecule has 2 aromatic rings. The molecule has 3 nitrogen and oxygen atoms in total. The molecule has 2 rings (SSSR count). The number of nitriles is 1. The molecule has 0 unspecified atom stereocenters. The minimum absolute atomic E-state index is 0.125. The Morgan fingerprint density at radius 2 is 1.95 bits per heavy atom. The number of amides is 1. The lowest BCUT2D eigenvalue weighted by Gasteiger charge is -2.06. The fourth-order valence-corrected chi connectivity index (χ4v) is 1.95. The number of nitrogens with zero attached hydrogens (tertiary/aromatic N) is 1. The van der Waals surface area contributed by atoms with E-state index in [0.717, 1.165) is 11.1 Å². The predicted molar refractivity (Wildman–Crippen MR) is 79.7 cm³/mol. The summed E-state index contributed by atoms with van der Waals surface area (Å²) < 4.78 is 0. The van der Waals surface area contributed by atoms with Crippen molar-refractivity contribution in [1.29, 1.82) is 5.26 Å². The number of anilines is 1. The summed E-state index contributed by atoms with van der Waals surface area (Å²) in [6.45, 7) is 2.00. The van der Waals surface area contributed by atoms with Crippen molar-refractivity contribution < 1.29 is 4.79 Å². The van der Waals surface area contributed by atoms with Crippen molar-refractivity contribution in [3.05, 3.63) is 64.2 Å². The molecule has 0 atom stereocenters. The summed E-state index contributed by atoms with van der Waals surface area (Å²) >= 11 is 5.84. The third kappa shape index (κ3) is 3.59. The first-order chi connectivity index (χ1) is 9.58. The van der Waals surface area contributed by atoms with Crippen molar-refractivity contribution in [2.45, 2.75) is 13.3 Å². The molecule has 0 aliphatic carbocycles. The van der Waals surface area contributed by atoms with Crippen molar-refractivity contribution >= 4 is 23.2 Å². The van der Waals surface area contributed by atoms with Gasteiger partial charge >= 0.3 is 0 Å². The number of hydrogen-bond donors (Lipinski definition) is 1. The summed E-state index contributed by atoms with van der Waals surface area (Å²) in [6.07, 6.45) is 0.296. The van der Waals surface area contributed by atoms with Gasteiger partial charge in [-0.15, -0.1) is 0 Å². The fourth-order valence-electron chi connectivity index (χ4n) is 1.79. The van der Waals surface area contributed by atoms with Crippen LogP contribution >= 0.6 is 11.6 Å². The van der Waals surface area contributed by atoms with E-state index >= 15 is 0 Å². The lowest BCUT2D eigenvalue weighted by Crippen LogP contribution is -2.14. The second-order valence-corrected chi connectivity index (χ2v) is 4.92. The third-order valence-electron chi connectivity index (χ3n) is 2.86. The van der Waals surface area contributed by atoms with E-state index in [9.17, 15) is 4.79 Å². The minimum Gasteiger partial charge on any atom is -0.326 e. The highest BCUT2D eigenvalue weighted by atomic mass is 35.5. The Balaban J connectivity index is 2.05. The van der Waals surface area contributed by atoms with Gasteiger partial charge in [0, 0.05) is 5.69 Å². The SMILES string of the molecule is Cc1ccc(CC(=O)Nc2ccc(Cl)c(C#N)c2)cc1. The van der Waals surface area contributed by atoms with E-state index in [-0.39, 0.29) is 5.91 Å². The van der Waals surface area contributed by atoms with Crippen LogP contribution in [0.2, 0.25) is 5.02 Å². The van der Waals surface area contributed by atoms with Gasteiger partial charge in [0.1, 0.15) is 6.07 Å². The quantitative estimate of drug-likeness (QED) is 0.934. The smallest absolute Gasteiger partial charge is 0.228 e. The highest BCUT2D eigenvalue weighted by Crippen LogP contribution is 2.19. The number of nitrogens with one attached hydrogen (secondary N) is 1. The van der Waals surface area contributed by atoms with Crippen LogP contribution in [0.3, 0.4) is 0 Å². The van der Waals surface area contributed by atoms with Crippen LogP contribution in [-0.4, -0.2) is 5.91 Å². The van der Waals surface area contributed by atoms with Crippen molar-refractivity contribution in [2.24, 2.45) is 0 Å². The molecule has 0 saturated heterocycles. The molecule has 0 bridgehead atoms. The van der Waals surface area contributed by atoms with Crippen molar-refractivity contribution in [3.63, 3.8) is 0 Å². The lowest BCUT2D eigenvalue weighted by atomic mass is 10.1. The monoisotopic (exact) mass is 284 g/mol. The van der Waals surface area contributed by atoms with Crippen LogP contribution in [0.5, 0.6) is 0 Å². The van der Waals surface area contributed by atoms with Crippen LogP contribution < -0.4 is 5.32 Å². The van der Waals surface area contributed by atoms with E-state index in [1.807, 2.05) is 37.3 Å². The first-order valence-electron chi connectivity index (χ1n) is 6.13. The molecule has 0 saturated carbocycles. The first kappa shape index (κ1) is 14.1. The molecule has 4 heteroatoms. The fraction of sp³-hybridized carbons (Fsp3) is 0.125. The molecular weight excluding hydrogens is 272 g/mol. The van der Waals surface area contributed by atoms with E-state index < -0.39 is 0 Å². The van der Waals surface area contributed by atoms with Gasteiger partial charge < -0.3 is 5.32 Å². The molecule has 0 radical (unpaired) electrons. The maximum Gasteiger partial charge on any atom is 0.228 e. The summed E-state index contributed by atoms with van der Waals surface area (Å²) in [4.78, 5) is 11.9. The number of rotatable bonds is 3. The molecule has 0 spiro atoms. The summed E-state index contributed by atoms with van der Waals surface area (Å²) in [7, 11) is 0. The van der Waals surface area contributed by atoms with Crippen LogP contribution in [0.15, 0.2) is 42.5 Å². The number of hydrogen-bond acceptors (Lipinski definition) is 2. The zero-order valence-electron chi connectivity index (χ0n) is 11.0. The molecule has 20 heavy (non-hydrogen) atoms. The average molecular weight is 285 g/mol. The molecule has 100 valence electrons. The van der Waals surface area contributed by atoms with Crippen molar-refractivity contribution in [2.75, 3.05) is 5.32 Å². The zero-order chi connectivity index (χ0) is 14.5. The van der Waals surface area contributed by atoms with E-state index in [4.69, 9.17) is 16.9 Å². The molecular formula is C16H13ClN2O. The molecule has 1 amide bonds. The van der Waals surface area contributed by atoms with Crippen LogP contribution in [0.25, 0.3) is 0 Å². The maximum atomic E-state index is 11.9. The summed E-state index contributed by atoms with van der Waals surface area (Å²) in [5.41, 5.74) is 3.02. The van der Waals surface area contributed by atoms with Crippen LogP contribution in [0.4, 0.5) is 5.69 Å². The Morgan fingerprint density at radius 1 is 1.25 bits per heavy atom. The van der Waals surface area contributed by atoms with E-state index in [2.05, 4.69) is 5.32 Å². The van der Waals surface area contributed by atoms with Gasteiger partial charge in [0.2, 0.25) is 5.91 Å². The molecule has 0 aliphatic heterocycles. The van der Waals surface area contributed by atoms with Crippen LogP contribution in [0.1, 0.15) is 16.7 Å². The summed E-state index contributed by atoms with van der Waals surface area (Å²) in [5.74, 6) is -0.125. The van der Waals surface area contributed by atoms with E-state index in [1.165, 1.54) is 0 Å². The summed E-state index contributed by atoms with van der Waals surface area (Å²) in [5, 5.41) is 12.0. The van der Waals surface area contributed by atoms with Crippen LogP contribution in [0, 0.1) is 18.3 Å². The first-order valence-corrected chi connectivity index (χ1v) is 6.51. The Labute approximate surface area is 122 Å². The number of benzene rings is 2. The van der Waals surface area contributed by atoms with Gasteiger partial charge in [-0.25, -0.2) is 0 Å². The molecule has 0 heterocycles. The highest BCUT2D eigenvalue weighted by molar-refractivity contribution is 6.31. The van der Waals surface area contributed by atoms with Gasteiger partial charge in [-0.05, 0) is 30.7 Å². The topological polar surface area (TPSA) is 52.9 Å². The second-order valence-electron chi connectivity index (χ2n) is 4.52.